The number of carbonyl (C=O) groups is 1. The molecule has 0 aliphatic heterocycles. The Labute approximate surface area is 178 Å². The molecule has 1 aliphatic rings. The largest absolute Gasteiger partial charge is 0.383 e. The summed E-state index contributed by atoms with van der Waals surface area (Å²) in [5, 5.41) is 9.43. The molecule has 0 radical (unpaired) electrons. The second kappa shape index (κ2) is 8.58. The van der Waals surface area contributed by atoms with Crippen molar-refractivity contribution in [2.45, 2.75) is 20.4 Å². The van der Waals surface area contributed by atoms with Crippen LogP contribution in [0.3, 0.4) is 0 Å². The minimum Gasteiger partial charge on any atom is -0.383 e. The molecule has 0 spiro atoms. The van der Waals surface area contributed by atoms with Gasteiger partial charge in [-0.3, -0.25) is 9.48 Å². The van der Waals surface area contributed by atoms with Crippen LogP contribution in [0.1, 0.15) is 29.8 Å². The van der Waals surface area contributed by atoms with E-state index in [-0.39, 0.29) is 5.78 Å². The minimum atomic E-state index is 0.0844. The van der Waals surface area contributed by atoms with Gasteiger partial charge in [-0.25, -0.2) is 0 Å². The van der Waals surface area contributed by atoms with Gasteiger partial charge in [0.05, 0.1) is 17.6 Å². The van der Waals surface area contributed by atoms with Crippen molar-refractivity contribution in [3.05, 3.63) is 47.5 Å². The maximum absolute atomic E-state index is 13.5. The van der Waals surface area contributed by atoms with E-state index in [0.717, 1.165) is 78.2 Å². The zero-order valence-corrected chi connectivity index (χ0v) is 18.4. The number of hydrogen-bond donors (Lipinski definition) is 1. The summed E-state index contributed by atoms with van der Waals surface area (Å²) in [5.74, 6) is 0.0844. The van der Waals surface area contributed by atoms with E-state index in [1.807, 2.05) is 35.0 Å². The number of ketones is 1. The predicted octanol–water partition coefficient (Wildman–Crippen LogP) is 3.56. The Hall–Kier alpha value is -2.70. The molecule has 0 unspecified atom stereocenters. The van der Waals surface area contributed by atoms with Gasteiger partial charge in [-0.1, -0.05) is 38.1 Å². The SMILES string of the molecule is CCN(CC)CCNc1cccc2c1C(=O)c1cccc3c1c-2nn3CCN(C)C. The average molecular weight is 406 g/mol. The van der Waals surface area contributed by atoms with E-state index in [9.17, 15) is 4.79 Å². The Kier molecular flexibility index (Phi) is 5.88. The van der Waals surface area contributed by atoms with Gasteiger partial charge in [0, 0.05) is 41.8 Å². The van der Waals surface area contributed by atoms with Crippen LogP contribution in [0.15, 0.2) is 36.4 Å². The lowest BCUT2D eigenvalue weighted by Gasteiger charge is -2.21. The number of hydrogen-bond acceptors (Lipinski definition) is 5. The van der Waals surface area contributed by atoms with Crippen LogP contribution in [0.5, 0.6) is 0 Å². The topological polar surface area (TPSA) is 53.4 Å². The van der Waals surface area contributed by atoms with Gasteiger partial charge in [-0.2, -0.15) is 5.10 Å². The minimum absolute atomic E-state index is 0.0844. The Balaban J connectivity index is 1.73. The van der Waals surface area contributed by atoms with Gasteiger partial charge in [-0.05, 0) is 39.3 Å². The predicted molar refractivity (Wildman–Crippen MR) is 123 cm³/mol. The molecular formula is C24H31N5O. The molecule has 1 aliphatic carbocycles. The summed E-state index contributed by atoms with van der Waals surface area (Å²) in [6.45, 7) is 9.84. The summed E-state index contributed by atoms with van der Waals surface area (Å²) in [6.07, 6.45) is 0. The van der Waals surface area contributed by atoms with Crippen molar-refractivity contribution in [2.24, 2.45) is 0 Å². The van der Waals surface area contributed by atoms with Gasteiger partial charge >= 0.3 is 0 Å². The van der Waals surface area contributed by atoms with Gasteiger partial charge in [0.25, 0.3) is 0 Å². The summed E-state index contributed by atoms with van der Waals surface area (Å²) < 4.78 is 2.04. The maximum atomic E-state index is 13.5. The van der Waals surface area contributed by atoms with E-state index < -0.39 is 0 Å². The number of nitrogens with one attached hydrogen (secondary N) is 1. The molecule has 0 saturated carbocycles. The summed E-state index contributed by atoms with van der Waals surface area (Å²) in [7, 11) is 4.12. The van der Waals surface area contributed by atoms with Crippen molar-refractivity contribution in [3.63, 3.8) is 0 Å². The molecule has 158 valence electrons. The molecule has 4 rings (SSSR count). The monoisotopic (exact) mass is 405 g/mol. The first-order valence-corrected chi connectivity index (χ1v) is 10.8. The smallest absolute Gasteiger partial charge is 0.196 e. The fraction of sp³-hybridized carbons (Fsp3) is 0.417. The molecule has 1 heterocycles. The number of nitrogens with zero attached hydrogens (tertiary/aromatic N) is 4. The van der Waals surface area contributed by atoms with Crippen LogP contribution in [0, 0.1) is 0 Å². The first kappa shape index (κ1) is 20.6. The molecular weight excluding hydrogens is 374 g/mol. The van der Waals surface area contributed by atoms with E-state index in [4.69, 9.17) is 5.10 Å². The molecule has 1 aromatic heterocycles. The normalized spacial score (nSPS) is 12.8. The summed E-state index contributed by atoms with van der Waals surface area (Å²) in [4.78, 5) is 18.0. The Morgan fingerprint density at radius 2 is 1.73 bits per heavy atom. The van der Waals surface area contributed by atoms with E-state index in [1.165, 1.54) is 0 Å². The number of benzene rings is 2. The van der Waals surface area contributed by atoms with Gasteiger partial charge in [0.15, 0.2) is 5.78 Å². The quantitative estimate of drug-likeness (QED) is 0.461. The fourth-order valence-electron chi connectivity index (χ4n) is 4.24. The zero-order chi connectivity index (χ0) is 21.3. The molecule has 0 bridgehead atoms. The number of likely N-dealkylation sites (N-methyl/N-ethyl adjacent to an activating group) is 2. The summed E-state index contributed by atoms with van der Waals surface area (Å²) >= 11 is 0. The third-order valence-corrected chi connectivity index (χ3v) is 5.97. The highest BCUT2D eigenvalue weighted by atomic mass is 16.1. The van der Waals surface area contributed by atoms with Gasteiger partial charge in [0.1, 0.15) is 5.69 Å². The first-order chi connectivity index (χ1) is 14.5. The van der Waals surface area contributed by atoms with Crippen molar-refractivity contribution in [1.29, 1.82) is 0 Å². The molecule has 6 nitrogen and oxygen atoms in total. The summed E-state index contributed by atoms with van der Waals surface area (Å²) in [5.41, 5.74) is 5.28. The van der Waals surface area contributed by atoms with Crippen molar-refractivity contribution < 1.29 is 4.79 Å². The molecule has 1 N–H and O–H groups in total. The molecule has 0 atom stereocenters. The van der Waals surface area contributed by atoms with E-state index in [0.29, 0.717) is 0 Å². The highest BCUT2D eigenvalue weighted by molar-refractivity contribution is 6.27. The Morgan fingerprint density at radius 1 is 1.00 bits per heavy atom. The highest BCUT2D eigenvalue weighted by Gasteiger charge is 2.30. The molecule has 0 amide bonds. The van der Waals surface area contributed by atoms with Crippen LogP contribution in [-0.4, -0.2) is 72.2 Å². The van der Waals surface area contributed by atoms with Crippen LogP contribution >= 0.6 is 0 Å². The third-order valence-electron chi connectivity index (χ3n) is 5.97. The highest BCUT2D eigenvalue weighted by Crippen LogP contribution is 2.41. The maximum Gasteiger partial charge on any atom is 0.196 e. The Bertz CT molecular complexity index is 1060. The van der Waals surface area contributed by atoms with Crippen LogP contribution in [0.4, 0.5) is 5.69 Å². The number of aromatic nitrogens is 2. The Morgan fingerprint density at radius 3 is 2.47 bits per heavy atom. The molecule has 0 fully saturated rings. The first-order valence-electron chi connectivity index (χ1n) is 10.8. The summed E-state index contributed by atoms with van der Waals surface area (Å²) in [6, 6.07) is 12.0. The van der Waals surface area contributed by atoms with Crippen LogP contribution in [0.2, 0.25) is 0 Å². The number of anilines is 1. The van der Waals surface area contributed by atoms with Crippen LogP contribution in [0.25, 0.3) is 22.2 Å². The van der Waals surface area contributed by atoms with E-state index in [1.54, 1.807) is 0 Å². The lowest BCUT2D eigenvalue weighted by Crippen LogP contribution is -2.29. The molecule has 3 aromatic rings. The second-order valence-electron chi connectivity index (χ2n) is 8.09. The van der Waals surface area contributed by atoms with Gasteiger partial charge in [-0.15, -0.1) is 0 Å². The lowest BCUT2D eigenvalue weighted by atomic mass is 9.86. The second-order valence-corrected chi connectivity index (χ2v) is 8.09. The standard InChI is InChI=1S/C24H31N5O/c1-5-28(6-2)14-13-25-19-11-7-9-17-21(19)24(30)18-10-8-12-20-22(18)23(17)26-29(20)16-15-27(3)4/h7-12,25H,5-6,13-16H2,1-4H3. The van der Waals surface area contributed by atoms with Crippen molar-refractivity contribution in [3.8, 4) is 11.3 Å². The van der Waals surface area contributed by atoms with Crippen molar-refractivity contribution >= 4 is 22.4 Å². The number of fused-ring (bicyclic) bond motifs is 2. The van der Waals surface area contributed by atoms with E-state index >= 15 is 0 Å². The average Bonchev–Trinajstić information content (AvgIpc) is 3.13. The molecule has 0 saturated heterocycles. The van der Waals surface area contributed by atoms with Crippen LogP contribution < -0.4 is 5.32 Å². The fourth-order valence-corrected chi connectivity index (χ4v) is 4.24. The number of rotatable bonds is 9. The van der Waals surface area contributed by atoms with E-state index in [2.05, 4.69) is 49.1 Å². The zero-order valence-electron chi connectivity index (χ0n) is 18.4. The lowest BCUT2D eigenvalue weighted by molar-refractivity contribution is 0.104. The van der Waals surface area contributed by atoms with Gasteiger partial charge in [0.2, 0.25) is 0 Å². The third kappa shape index (κ3) is 3.61. The number of carbonyl (C=O) groups excluding carboxylic acids is 1. The van der Waals surface area contributed by atoms with Gasteiger partial charge < -0.3 is 15.1 Å². The van der Waals surface area contributed by atoms with Crippen molar-refractivity contribution in [2.75, 3.05) is 52.1 Å². The molecule has 2 aromatic carbocycles. The molecule has 30 heavy (non-hydrogen) atoms. The van der Waals surface area contributed by atoms with Crippen LogP contribution in [-0.2, 0) is 6.54 Å². The molecule has 6 heteroatoms. The van der Waals surface area contributed by atoms with Crippen molar-refractivity contribution in [1.82, 2.24) is 19.6 Å².